The molecular weight excluding hydrogens is 546 g/mol. The van der Waals surface area contributed by atoms with E-state index in [9.17, 15) is 33.9 Å². The van der Waals surface area contributed by atoms with Gasteiger partial charge in [0, 0.05) is 13.0 Å². The normalized spacial score (nSPS) is 15.7. The molecule has 0 fully saturated rings. The Hall–Kier alpha value is -3.83. The van der Waals surface area contributed by atoms with E-state index in [1.807, 2.05) is 13.8 Å². The number of carbonyl (C=O) groups is 6. The third kappa shape index (κ3) is 6.91. The van der Waals surface area contributed by atoms with Crippen LogP contribution in [0, 0.1) is 5.92 Å². The molecule has 10 nitrogen and oxygen atoms in total. The molecule has 3 N–H and O–H groups in total. The molecule has 1 heterocycles. The van der Waals surface area contributed by atoms with Crippen molar-refractivity contribution < 1.29 is 33.9 Å². The summed E-state index contributed by atoms with van der Waals surface area (Å²) in [6.45, 7) is 4.67. The number of Topliss-reactive ketones (excluding diaryl/α,β-unsaturated/α-hetero) is 1. The van der Waals surface area contributed by atoms with Crippen LogP contribution < -0.4 is 5.73 Å². The van der Waals surface area contributed by atoms with Crippen molar-refractivity contribution in [2.45, 2.75) is 63.3 Å². The summed E-state index contributed by atoms with van der Waals surface area (Å²) in [4.78, 5) is 80.1. The van der Waals surface area contributed by atoms with Crippen molar-refractivity contribution in [2.75, 3.05) is 6.54 Å². The number of carboxylic acid groups (broad SMARTS) is 1. The number of carbonyl (C=O) groups excluding carboxylic acids is 5. The summed E-state index contributed by atoms with van der Waals surface area (Å²) in [5, 5.41) is 10.2. The van der Waals surface area contributed by atoms with Gasteiger partial charge in [-0.2, -0.15) is 12.6 Å². The number of fused-ring (bicyclic) bond motifs is 1. The number of imide groups is 2. The highest BCUT2D eigenvalue weighted by molar-refractivity contribution is 7.83. The Labute approximate surface area is 244 Å². The number of hydrogen-bond acceptors (Lipinski definition) is 8. The Kier molecular flexibility index (Phi) is 10.2. The quantitative estimate of drug-likeness (QED) is 0.185. The third-order valence-electron chi connectivity index (χ3n) is 7.10. The van der Waals surface area contributed by atoms with Gasteiger partial charge >= 0.3 is 5.97 Å². The van der Waals surface area contributed by atoms with Crippen molar-refractivity contribution in [2.24, 2.45) is 11.7 Å². The van der Waals surface area contributed by atoms with E-state index in [0.29, 0.717) is 10.5 Å². The van der Waals surface area contributed by atoms with Gasteiger partial charge in [-0.3, -0.25) is 33.8 Å². The van der Waals surface area contributed by atoms with Crippen LogP contribution in [0.25, 0.3) is 0 Å². The largest absolute Gasteiger partial charge is 0.480 e. The fraction of sp³-hybridized carbons (Fsp3) is 0.400. The second kappa shape index (κ2) is 13.2. The number of thiol groups is 1. The van der Waals surface area contributed by atoms with Gasteiger partial charge in [0.05, 0.1) is 17.2 Å². The number of rotatable bonds is 13. The highest BCUT2D eigenvalue weighted by Gasteiger charge is 2.49. The molecule has 0 aliphatic carbocycles. The van der Waals surface area contributed by atoms with Gasteiger partial charge in [-0.1, -0.05) is 56.3 Å². The number of carboxylic acids is 1. The van der Waals surface area contributed by atoms with Crippen LogP contribution >= 0.6 is 12.6 Å². The molecule has 11 heteroatoms. The Morgan fingerprint density at radius 2 is 1.51 bits per heavy atom. The molecule has 0 saturated heterocycles. The third-order valence-corrected chi connectivity index (χ3v) is 7.83. The standard InChI is InChI=1S/C30H35N3O7S/c1-18(2)16-23(31)27(37)33(24(28(38)39)17-20-10-5-4-6-11-20)29(40)30(41,19(3)34)14-9-15-32-25(35)21-12-7-8-13-22(21)26(32)36/h4-8,10-13,18,23-24,41H,9,14-17,31H2,1-3H3,(H,38,39). The zero-order valence-electron chi connectivity index (χ0n) is 23.3. The first kappa shape index (κ1) is 31.7. The average molecular weight is 582 g/mol. The minimum absolute atomic E-state index is 0.00318. The molecule has 41 heavy (non-hydrogen) atoms. The summed E-state index contributed by atoms with van der Waals surface area (Å²) >= 11 is 4.43. The minimum atomic E-state index is -2.11. The summed E-state index contributed by atoms with van der Waals surface area (Å²) in [6, 6.07) is 12.0. The van der Waals surface area contributed by atoms with E-state index in [0.717, 1.165) is 11.8 Å². The van der Waals surface area contributed by atoms with Crippen LogP contribution in [-0.4, -0.2) is 73.7 Å². The smallest absolute Gasteiger partial charge is 0.327 e. The van der Waals surface area contributed by atoms with Crippen molar-refractivity contribution in [1.82, 2.24) is 9.80 Å². The Balaban J connectivity index is 1.91. The minimum Gasteiger partial charge on any atom is -0.480 e. The van der Waals surface area contributed by atoms with Gasteiger partial charge in [0.15, 0.2) is 10.5 Å². The maximum absolute atomic E-state index is 14.1. The van der Waals surface area contributed by atoms with Gasteiger partial charge in [0.1, 0.15) is 6.04 Å². The summed E-state index contributed by atoms with van der Waals surface area (Å²) in [5.74, 6) is -5.21. The first-order chi connectivity index (χ1) is 19.3. The summed E-state index contributed by atoms with van der Waals surface area (Å²) < 4.78 is -2.11. The molecule has 0 saturated carbocycles. The molecule has 218 valence electrons. The number of aliphatic carboxylic acids is 1. The molecular formula is C30H35N3O7S. The number of nitrogens with two attached hydrogens (primary N) is 1. The van der Waals surface area contributed by atoms with E-state index in [-0.39, 0.29) is 49.3 Å². The SMILES string of the molecule is CC(=O)C(S)(CCCN1C(=O)c2ccccc2C1=O)C(=O)N(C(=O)C(N)CC(C)C)C(Cc1ccccc1)C(=O)O. The second-order valence-corrected chi connectivity index (χ2v) is 11.4. The van der Waals surface area contributed by atoms with E-state index < -0.39 is 52.2 Å². The number of nitrogens with zero attached hydrogens (tertiary/aromatic N) is 2. The van der Waals surface area contributed by atoms with Gasteiger partial charge in [0.25, 0.3) is 17.7 Å². The van der Waals surface area contributed by atoms with Gasteiger partial charge in [-0.05, 0) is 49.8 Å². The molecule has 2 aromatic carbocycles. The molecule has 4 amide bonds. The van der Waals surface area contributed by atoms with Crippen LogP contribution in [0.4, 0.5) is 0 Å². The van der Waals surface area contributed by atoms with E-state index in [2.05, 4.69) is 12.6 Å². The molecule has 0 aromatic heterocycles. The van der Waals surface area contributed by atoms with E-state index >= 15 is 0 Å². The fourth-order valence-electron chi connectivity index (χ4n) is 4.88. The van der Waals surface area contributed by atoms with Crippen LogP contribution in [0.2, 0.25) is 0 Å². The van der Waals surface area contributed by atoms with E-state index in [4.69, 9.17) is 5.73 Å². The molecule has 0 bridgehead atoms. The number of hydrogen-bond donors (Lipinski definition) is 3. The lowest BCUT2D eigenvalue weighted by molar-refractivity contribution is -0.160. The fourth-order valence-corrected chi connectivity index (χ4v) is 5.14. The van der Waals surface area contributed by atoms with Crippen LogP contribution in [0.3, 0.4) is 0 Å². The maximum Gasteiger partial charge on any atom is 0.327 e. The number of benzene rings is 2. The molecule has 0 radical (unpaired) electrons. The van der Waals surface area contributed by atoms with Crippen molar-refractivity contribution in [1.29, 1.82) is 0 Å². The average Bonchev–Trinajstić information content (AvgIpc) is 3.17. The first-order valence-corrected chi connectivity index (χ1v) is 13.8. The van der Waals surface area contributed by atoms with Crippen molar-refractivity contribution >= 4 is 48.0 Å². The van der Waals surface area contributed by atoms with Gasteiger partial charge in [-0.25, -0.2) is 4.79 Å². The van der Waals surface area contributed by atoms with Crippen LogP contribution in [-0.2, 0) is 25.6 Å². The van der Waals surface area contributed by atoms with Gasteiger partial charge < -0.3 is 10.8 Å². The Morgan fingerprint density at radius 1 is 0.976 bits per heavy atom. The maximum atomic E-state index is 14.1. The lowest BCUT2D eigenvalue weighted by atomic mass is 9.92. The second-order valence-electron chi connectivity index (χ2n) is 10.6. The molecule has 0 spiro atoms. The molecule has 2 aromatic rings. The number of ketones is 1. The van der Waals surface area contributed by atoms with Gasteiger partial charge in [0.2, 0.25) is 5.91 Å². The molecule has 1 aliphatic heterocycles. The van der Waals surface area contributed by atoms with Crippen molar-refractivity contribution in [3.63, 3.8) is 0 Å². The molecule has 3 atom stereocenters. The lowest BCUT2D eigenvalue weighted by Gasteiger charge is -2.36. The predicted octanol–water partition coefficient (Wildman–Crippen LogP) is 2.74. The zero-order valence-corrected chi connectivity index (χ0v) is 24.2. The summed E-state index contributed by atoms with van der Waals surface area (Å²) in [7, 11) is 0. The predicted molar refractivity (Wildman–Crippen MR) is 154 cm³/mol. The Bertz CT molecular complexity index is 1310. The van der Waals surface area contributed by atoms with E-state index in [1.165, 1.54) is 0 Å². The van der Waals surface area contributed by atoms with Crippen LogP contribution in [0.1, 0.15) is 66.3 Å². The Morgan fingerprint density at radius 3 is 2.00 bits per heavy atom. The van der Waals surface area contributed by atoms with Crippen molar-refractivity contribution in [3.8, 4) is 0 Å². The lowest BCUT2D eigenvalue weighted by Crippen LogP contribution is -2.61. The monoisotopic (exact) mass is 581 g/mol. The molecule has 1 aliphatic rings. The molecule has 3 unspecified atom stereocenters. The highest BCUT2D eigenvalue weighted by Crippen LogP contribution is 2.30. The van der Waals surface area contributed by atoms with Gasteiger partial charge in [-0.15, -0.1) is 0 Å². The topological polar surface area (TPSA) is 155 Å². The van der Waals surface area contributed by atoms with E-state index in [1.54, 1.807) is 54.6 Å². The van der Waals surface area contributed by atoms with Crippen molar-refractivity contribution in [3.05, 3.63) is 71.3 Å². The zero-order chi connectivity index (χ0) is 30.5. The van der Waals surface area contributed by atoms with Crippen LogP contribution in [0.15, 0.2) is 54.6 Å². The number of amides is 4. The summed E-state index contributed by atoms with van der Waals surface area (Å²) in [5.41, 5.74) is 7.22. The first-order valence-electron chi connectivity index (χ1n) is 13.4. The molecule has 3 rings (SSSR count). The highest BCUT2D eigenvalue weighted by atomic mass is 32.1. The van der Waals surface area contributed by atoms with Crippen LogP contribution in [0.5, 0.6) is 0 Å². The summed E-state index contributed by atoms with van der Waals surface area (Å²) in [6.07, 6.45) is -0.298.